The van der Waals surface area contributed by atoms with E-state index in [2.05, 4.69) is 0 Å². The van der Waals surface area contributed by atoms with Crippen molar-refractivity contribution in [2.24, 2.45) is 5.73 Å². The quantitative estimate of drug-likeness (QED) is 0.256. The molecule has 0 aliphatic heterocycles. The van der Waals surface area contributed by atoms with Crippen LogP contribution in [0.1, 0.15) is 0 Å². The summed E-state index contributed by atoms with van der Waals surface area (Å²) in [5, 5.41) is 16.9. The lowest BCUT2D eigenvalue weighted by atomic mass is 10.6. The number of nitrogens with two attached hydrogens (primary N) is 1. The Morgan fingerprint density at radius 2 is 2.54 bits per heavy atom. The Morgan fingerprint density at radius 3 is 2.92 bits per heavy atom. The van der Waals surface area contributed by atoms with E-state index in [1.807, 2.05) is 0 Å². The minimum absolute atomic E-state index is 0.0733. The van der Waals surface area contributed by atoms with Crippen LogP contribution < -0.4 is 16.3 Å². The van der Waals surface area contributed by atoms with Crippen LogP contribution in [0.2, 0.25) is 0 Å². The van der Waals surface area contributed by atoms with Crippen molar-refractivity contribution >= 4 is 11.8 Å². The maximum Gasteiger partial charge on any atom is 0.225 e. The van der Waals surface area contributed by atoms with Crippen LogP contribution in [0.5, 0.6) is 0 Å². The molecular formula is C5H7N5O3. The van der Waals surface area contributed by atoms with Crippen LogP contribution in [-0.2, 0) is 0 Å². The van der Waals surface area contributed by atoms with Crippen molar-refractivity contribution in [3.8, 4) is 0 Å². The molecule has 0 spiro atoms. The van der Waals surface area contributed by atoms with E-state index in [0.29, 0.717) is 5.01 Å². The fourth-order valence-corrected chi connectivity index (χ4v) is 0.701. The van der Waals surface area contributed by atoms with Gasteiger partial charge in [0.15, 0.2) is 5.03 Å². The number of guanidine groups is 1. The smallest absolute Gasteiger partial charge is 0.225 e. The lowest BCUT2D eigenvalue weighted by Crippen LogP contribution is -2.49. The Bertz CT molecular complexity index is 308. The standard InChI is InChI=1S/C5H7N5O3/c6-5(7)9(8-10(11)12)4-2-1-3-13-4/h1-3,8H,(H3,6,7). The summed E-state index contributed by atoms with van der Waals surface area (Å²) in [6.45, 7) is 0. The van der Waals surface area contributed by atoms with E-state index in [-0.39, 0.29) is 5.88 Å². The van der Waals surface area contributed by atoms with Gasteiger partial charge in [-0.3, -0.25) is 5.41 Å². The van der Waals surface area contributed by atoms with E-state index in [4.69, 9.17) is 15.6 Å². The highest BCUT2D eigenvalue weighted by molar-refractivity contribution is 5.89. The number of hydrogen-bond donors (Lipinski definition) is 3. The summed E-state index contributed by atoms with van der Waals surface area (Å²) in [7, 11) is 0. The van der Waals surface area contributed by atoms with Crippen LogP contribution in [0.4, 0.5) is 5.88 Å². The van der Waals surface area contributed by atoms with Crippen LogP contribution in [-0.4, -0.2) is 11.0 Å². The zero-order valence-corrected chi connectivity index (χ0v) is 6.43. The summed E-state index contributed by atoms with van der Waals surface area (Å²) < 4.78 is 4.80. The second kappa shape index (κ2) is 3.43. The van der Waals surface area contributed by atoms with Gasteiger partial charge in [0.05, 0.1) is 6.26 Å². The number of anilines is 1. The maximum absolute atomic E-state index is 10.1. The second-order valence-electron chi connectivity index (χ2n) is 2.03. The molecular weight excluding hydrogens is 178 g/mol. The Labute approximate surface area is 72.5 Å². The third kappa shape index (κ3) is 2.09. The normalized spacial score (nSPS) is 9.23. The molecule has 1 aromatic heterocycles. The van der Waals surface area contributed by atoms with Crippen molar-refractivity contribution in [3.63, 3.8) is 0 Å². The number of hydrazine groups is 2. The topological polar surface area (TPSA) is 121 Å². The molecule has 0 unspecified atom stereocenters. The number of hydrogen-bond acceptors (Lipinski definition) is 4. The van der Waals surface area contributed by atoms with Gasteiger partial charge in [0.25, 0.3) is 0 Å². The zero-order valence-electron chi connectivity index (χ0n) is 6.43. The van der Waals surface area contributed by atoms with Crippen LogP contribution in [0.25, 0.3) is 0 Å². The first-order valence-electron chi connectivity index (χ1n) is 3.19. The van der Waals surface area contributed by atoms with Crippen molar-refractivity contribution in [1.82, 2.24) is 5.53 Å². The summed E-state index contributed by atoms with van der Waals surface area (Å²) in [6.07, 6.45) is 1.31. The van der Waals surface area contributed by atoms with E-state index < -0.39 is 11.0 Å². The Balaban J connectivity index is 2.81. The molecule has 0 atom stereocenters. The highest BCUT2D eigenvalue weighted by atomic mass is 16.7. The van der Waals surface area contributed by atoms with Gasteiger partial charge in [-0.2, -0.15) is 0 Å². The molecule has 1 rings (SSSR count). The van der Waals surface area contributed by atoms with Gasteiger partial charge < -0.3 is 10.2 Å². The van der Waals surface area contributed by atoms with E-state index >= 15 is 0 Å². The molecule has 8 heteroatoms. The van der Waals surface area contributed by atoms with E-state index in [1.54, 1.807) is 5.53 Å². The molecule has 4 N–H and O–H groups in total. The minimum Gasteiger partial charge on any atom is -0.446 e. The number of furan rings is 1. The Kier molecular flexibility index (Phi) is 2.33. The molecule has 1 heterocycles. The fraction of sp³-hybridized carbons (Fsp3) is 0. The lowest BCUT2D eigenvalue weighted by molar-refractivity contribution is -0.544. The second-order valence-corrected chi connectivity index (χ2v) is 2.03. The fourth-order valence-electron chi connectivity index (χ4n) is 0.701. The van der Waals surface area contributed by atoms with E-state index in [1.165, 1.54) is 18.4 Å². The van der Waals surface area contributed by atoms with Crippen molar-refractivity contribution < 1.29 is 9.45 Å². The van der Waals surface area contributed by atoms with Gasteiger partial charge in [-0.1, -0.05) is 0 Å². The third-order valence-electron chi connectivity index (χ3n) is 1.15. The molecule has 0 aliphatic rings. The Morgan fingerprint density at radius 1 is 1.85 bits per heavy atom. The van der Waals surface area contributed by atoms with Crippen molar-refractivity contribution in [1.29, 1.82) is 5.41 Å². The SMILES string of the molecule is N=C(N)N(N[N+](=O)[O-])c1ccco1. The van der Waals surface area contributed by atoms with Crippen molar-refractivity contribution in [2.75, 3.05) is 5.01 Å². The zero-order chi connectivity index (χ0) is 9.84. The summed E-state index contributed by atoms with van der Waals surface area (Å²) >= 11 is 0. The average Bonchev–Trinajstić information content (AvgIpc) is 2.50. The van der Waals surface area contributed by atoms with Crippen LogP contribution >= 0.6 is 0 Å². The number of rotatable bonds is 3. The third-order valence-corrected chi connectivity index (χ3v) is 1.15. The predicted octanol–water partition coefficient (Wildman–Crippen LogP) is -0.324. The van der Waals surface area contributed by atoms with Crippen LogP contribution in [0, 0.1) is 15.5 Å². The van der Waals surface area contributed by atoms with Gasteiger partial charge in [0, 0.05) is 6.07 Å². The van der Waals surface area contributed by atoms with Gasteiger partial charge in [-0.25, -0.2) is 10.1 Å². The lowest BCUT2D eigenvalue weighted by Gasteiger charge is -2.13. The molecule has 0 fully saturated rings. The molecule has 0 aliphatic carbocycles. The highest BCUT2D eigenvalue weighted by Crippen LogP contribution is 2.10. The molecule has 0 aromatic carbocycles. The molecule has 70 valence electrons. The van der Waals surface area contributed by atoms with Crippen molar-refractivity contribution in [2.45, 2.75) is 0 Å². The van der Waals surface area contributed by atoms with Crippen LogP contribution in [0.3, 0.4) is 0 Å². The first-order valence-corrected chi connectivity index (χ1v) is 3.19. The molecule has 0 amide bonds. The highest BCUT2D eigenvalue weighted by Gasteiger charge is 2.16. The van der Waals surface area contributed by atoms with Crippen LogP contribution in [0.15, 0.2) is 22.8 Å². The molecule has 1 aromatic rings. The van der Waals surface area contributed by atoms with Gasteiger partial charge in [-0.15, -0.1) is 5.01 Å². The van der Waals surface area contributed by atoms with Gasteiger partial charge >= 0.3 is 0 Å². The molecule has 0 bridgehead atoms. The van der Waals surface area contributed by atoms with Gasteiger partial charge in [0.2, 0.25) is 11.8 Å². The number of nitrogens with zero attached hydrogens (tertiary/aromatic N) is 2. The number of nitrogens with one attached hydrogen (secondary N) is 2. The monoisotopic (exact) mass is 185 g/mol. The molecule has 0 radical (unpaired) electrons. The predicted molar refractivity (Wildman–Crippen MR) is 43.2 cm³/mol. The summed E-state index contributed by atoms with van der Waals surface area (Å²) in [5.41, 5.74) is 6.75. The summed E-state index contributed by atoms with van der Waals surface area (Å²) in [4.78, 5) is 10.1. The molecule has 13 heavy (non-hydrogen) atoms. The molecule has 8 nitrogen and oxygen atoms in total. The van der Waals surface area contributed by atoms with Gasteiger partial charge in [0.1, 0.15) is 0 Å². The molecule has 0 saturated carbocycles. The molecule has 0 saturated heterocycles. The summed E-state index contributed by atoms with van der Waals surface area (Å²) in [5.74, 6) is -0.462. The van der Waals surface area contributed by atoms with Crippen molar-refractivity contribution in [3.05, 3.63) is 28.5 Å². The Hall–Kier alpha value is -2.25. The average molecular weight is 185 g/mol. The summed E-state index contributed by atoms with van der Waals surface area (Å²) in [6, 6.07) is 2.95. The first kappa shape index (κ1) is 8.84. The van der Waals surface area contributed by atoms with E-state index in [0.717, 1.165) is 0 Å². The maximum atomic E-state index is 10.1. The van der Waals surface area contributed by atoms with Gasteiger partial charge in [-0.05, 0) is 11.6 Å². The minimum atomic E-state index is -0.843. The largest absolute Gasteiger partial charge is 0.446 e. The van der Waals surface area contributed by atoms with E-state index in [9.17, 15) is 10.1 Å². The first-order chi connectivity index (χ1) is 6.11. The number of nitro groups is 1.